The fourth-order valence-electron chi connectivity index (χ4n) is 3.98. The van der Waals surface area contributed by atoms with Gasteiger partial charge in [0.25, 0.3) is 5.91 Å². The predicted octanol–water partition coefficient (Wildman–Crippen LogP) is 4.81. The van der Waals surface area contributed by atoms with Crippen molar-refractivity contribution >= 4 is 23.6 Å². The van der Waals surface area contributed by atoms with Crippen LogP contribution in [0.5, 0.6) is 0 Å². The summed E-state index contributed by atoms with van der Waals surface area (Å²) in [4.78, 5) is 40.9. The van der Waals surface area contributed by atoms with E-state index in [9.17, 15) is 14.4 Å². The summed E-state index contributed by atoms with van der Waals surface area (Å²) in [6.07, 6.45) is 0.970. The van der Waals surface area contributed by atoms with Crippen molar-refractivity contribution in [2.45, 2.75) is 72.1 Å². The first-order valence-electron chi connectivity index (χ1n) is 11.7. The molecular formula is C27H35N3O4. The number of hydrogen-bond acceptors (Lipinski definition) is 4. The van der Waals surface area contributed by atoms with Crippen molar-refractivity contribution in [2.75, 3.05) is 11.9 Å². The van der Waals surface area contributed by atoms with E-state index in [1.165, 1.54) is 0 Å². The number of rotatable bonds is 7. The zero-order valence-corrected chi connectivity index (χ0v) is 20.9. The average molecular weight is 466 g/mol. The molecule has 1 atom stereocenters. The van der Waals surface area contributed by atoms with Crippen LogP contribution >= 0.6 is 0 Å². The minimum Gasteiger partial charge on any atom is -0.444 e. The number of carbonyl (C=O) groups excluding carboxylic acids is 3. The van der Waals surface area contributed by atoms with Gasteiger partial charge in [0, 0.05) is 11.7 Å². The predicted molar refractivity (Wildman–Crippen MR) is 133 cm³/mol. The molecular weight excluding hydrogens is 430 g/mol. The fourth-order valence-corrected chi connectivity index (χ4v) is 3.98. The number of benzene rings is 2. The molecule has 2 aromatic rings. The summed E-state index contributed by atoms with van der Waals surface area (Å²) in [6, 6.07) is 12.6. The van der Waals surface area contributed by atoms with Crippen molar-refractivity contribution in [1.82, 2.24) is 10.2 Å². The van der Waals surface area contributed by atoms with E-state index in [0.717, 1.165) is 40.8 Å². The lowest BCUT2D eigenvalue weighted by Gasteiger charge is -2.33. The van der Waals surface area contributed by atoms with Crippen LogP contribution in [0.2, 0.25) is 0 Å². The number of ether oxygens (including phenoxy) is 1. The van der Waals surface area contributed by atoms with Gasteiger partial charge in [0.2, 0.25) is 5.91 Å². The third-order valence-corrected chi connectivity index (χ3v) is 5.75. The van der Waals surface area contributed by atoms with Gasteiger partial charge in [-0.15, -0.1) is 0 Å². The van der Waals surface area contributed by atoms with Gasteiger partial charge >= 0.3 is 6.09 Å². The van der Waals surface area contributed by atoms with Crippen LogP contribution in [0.3, 0.4) is 0 Å². The molecule has 1 aliphatic carbocycles. The van der Waals surface area contributed by atoms with Crippen LogP contribution in [-0.2, 0) is 14.3 Å². The Hall–Kier alpha value is -3.35. The second-order valence-electron chi connectivity index (χ2n) is 9.90. The van der Waals surface area contributed by atoms with E-state index >= 15 is 0 Å². The summed E-state index contributed by atoms with van der Waals surface area (Å²) in [5.74, 6) is -0.595. The van der Waals surface area contributed by atoms with Crippen LogP contribution in [0.15, 0.2) is 42.5 Å². The second kappa shape index (κ2) is 10.3. The maximum atomic E-state index is 13.8. The smallest absolute Gasteiger partial charge is 0.408 e. The first-order valence-corrected chi connectivity index (χ1v) is 11.7. The molecule has 0 saturated heterocycles. The van der Waals surface area contributed by atoms with Crippen molar-refractivity contribution in [1.29, 1.82) is 0 Å². The number of nitrogens with zero attached hydrogens (tertiary/aromatic N) is 1. The molecule has 0 aliphatic heterocycles. The maximum absolute atomic E-state index is 13.8. The van der Waals surface area contributed by atoms with Gasteiger partial charge in [-0.25, -0.2) is 4.79 Å². The Morgan fingerprint density at radius 2 is 1.56 bits per heavy atom. The number of hydrogen-bond donors (Lipinski definition) is 2. The number of nitrogens with one attached hydrogen (secondary N) is 2. The van der Waals surface area contributed by atoms with Gasteiger partial charge in [0.1, 0.15) is 18.2 Å². The molecule has 7 heteroatoms. The molecule has 0 heterocycles. The molecule has 0 bridgehead atoms. The molecule has 2 N–H and O–H groups in total. The summed E-state index contributed by atoms with van der Waals surface area (Å²) in [7, 11) is 0. The van der Waals surface area contributed by atoms with E-state index in [0.29, 0.717) is 0 Å². The first-order chi connectivity index (χ1) is 16.0. The van der Waals surface area contributed by atoms with Crippen molar-refractivity contribution in [3.63, 3.8) is 0 Å². The van der Waals surface area contributed by atoms with Crippen LogP contribution in [0.25, 0.3) is 0 Å². The number of alkyl carbamates (subject to hydrolysis) is 1. The fraction of sp³-hybridized carbons (Fsp3) is 0.444. The van der Waals surface area contributed by atoms with Gasteiger partial charge in [-0.2, -0.15) is 0 Å². The van der Waals surface area contributed by atoms with E-state index in [1.54, 1.807) is 25.7 Å². The molecule has 3 rings (SSSR count). The van der Waals surface area contributed by atoms with Gasteiger partial charge < -0.3 is 20.3 Å². The van der Waals surface area contributed by atoms with Crippen molar-refractivity contribution in [2.24, 2.45) is 0 Å². The summed E-state index contributed by atoms with van der Waals surface area (Å²) >= 11 is 0. The van der Waals surface area contributed by atoms with E-state index in [-0.39, 0.29) is 24.4 Å². The van der Waals surface area contributed by atoms with Gasteiger partial charge in [-0.05, 0) is 76.6 Å². The first kappa shape index (κ1) is 25.3. The number of carbonyl (C=O) groups is 3. The molecule has 1 fully saturated rings. The average Bonchev–Trinajstić information content (AvgIpc) is 3.57. The van der Waals surface area contributed by atoms with Crippen molar-refractivity contribution in [3.8, 4) is 0 Å². The van der Waals surface area contributed by atoms with Crippen LogP contribution in [0.1, 0.15) is 61.9 Å². The lowest BCUT2D eigenvalue weighted by molar-refractivity contribution is -0.139. The third kappa shape index (κ3) is 6.37. The molecule has 2 aromatic carbocycles. The lowest BCUT2D eigenvalue weighted by atomic mass is 9.98. The third-order valence-electron chi connectivity index (χ3n) is 5.75. The van der Waals surface area contributed by atoms with Gasteiger partial charge in [-0.1, -0.05) is 42.5 Å². The molecule has 0 aromatic heterocycles. The SMILES string of the molecule is Cc1ccccc1C(C(=O)Nc1c(C)cccc1C)N(C(=O)CNC(=O)OC(C)(C)C)C1CC1. The van der Waals surface area contributed by atoms with Gasteiger partial charge in [0.05, 0.1) is 0 Å². The number of amides is 3. The number of aryl methyl sites for hydroxylation is 3. The zero-order valence-electron chi connectivity index (χ0n) is 20.9. The quantitative estimate of drug-likeness (QED) is 0.614. The van der Waals surface area contributed by atoms with Crippen LogP contribution < -0.4 is 10.6 Å². The Balaban J connectivity index is 1.90. The van der Waals surface area contributed by atoms with Crippen molar-refractivity contribution < 1.29 is 19.1 Å². The normalized spacial score (nSPS) is 14.2. The molecule has 3 amide bonds. The minimum absolute atomic E-state index is 0.0544. The maximum Gasteiger partial charge on any atom is 0.408 e. The van der Waals surface area contributed by atoms with Gasteiger partial charge in [-0.3, -0.25) is 9.59 Å². The van der Waals surface area contributed by atoms with E-state index in [1.807, 2.05) is 63.2 Å². The van der Waals surface area contributed by atoms with Gasteiger partial charge in [0.15, 0.2) is 0 Å². The molecule has 1 saturated carbocycles. The standard InChI is InChI=1S/C27H35N3O4/c1-17-10-7-8-13-21(17)24(25(32)29-23-18(2)11-9-12-19(23)3)30(20-14-15-20)22(31)16-28-26(33)34-27(4,5)6/h7-13,20,24H,14-16H2,1-6H3,(H,28,33)(H,29,32). The zero-order chi connectivity index (χ0) is 25.0. The summed E-state index contributed by atoms with van der Waals surface area (Å²) in [5, 5.41) is 5.62. The highest BCUT2D eigenvalue weighted by atomic mass is 16.6. The highest BCUT2D eigenvalue weighted by Gasteiger charge is 2.42. The Kier molecular flexibility index (Phi) is 7.64. The number of anilines is 1. The van der Waals surface area contributed by atoms with Crippen LogP contribution in [0, 0.1) is 20.8 Å². The van der Waals surface area contributed by atoms with Crippen LogP contribution in [0.4, 0.5) is 10.5 Å². The molecule has 182 valence electrons. The van der Waals surface area contributed by atoms with Crippen LogP contribution in [-0.4, -0.2) is 41.0 Å². The van der Waals surface area contributed by atoms with E-state index in [4.69, 9.17) is 4.74 Å². The lowest BCUT2D eigenvalue weighted by Crippen LogP contribution is -2.47. The van der Waals surface area contributed by atoms with Crippen molar-refractivity contribution in [3.05, 3.63) is 64.7 Å². The second-order valence-corrected chi connectivity index (χ2v) is 9.90. The monoisotopic (exact) mass is 465 g/mol. The summed E-state index contributed by atoms with van der Waals surface area (Å²) in [6.45, 7) is 10.9. The largest absolute Gasteiger partial charge is 0.444 e. The molecule has 34 heavy (non-hydrogen) atoms. The summed E-state index contributed by atoms with van der Waals surface area (Å²) in [5.41, 5.74) is 3.67. The van der Waals surface area contributed by atoms with E-state index in [2.05, 4.69) is 10.6 Å². The Bertz CT molecular complexity index is 1050. The molecule has 7 nitrogen and oxygen atoms in total. The highest BCUT2D eigenvalue weighted by Crippen LogP contribution is 2.36. The highest BCUT2D eigenvalue weighted by molar-refractivity contribution is 5.99. The van der Waals surface area contributed by atoms with E-state index < -0.39 is 17.7 Å². The molecule has 1 aliphatic rings. The summed E-state index contributed by atoms with van der Waals surface area (Å²) < 4.78 is 5.26. The number of para-hydroxylation sites is 1. The molecule has 0 radical (unpaired) electrons. The Labute approximate surface area is 201 Å². The minimum atomic E-state index is -0.819. The Morgan fingerprint density at radius 3 is 2.12 bits per heavy atom. The Morgan fingerprint density at radius 1 is 0.971 bits per heavy atom. The molecule has 1 unspecified atom stereocenters. The molecule has 0 spiro atoms. The topological polar surface area (TPSA) is 87.7 Å².